The quantitative estimate of drug-likeness (QED) is 0.438. The van der Waals surface area contributed by atoms with Crippen LogP contribution in [0.15, 0.2) is 71.8 Å². The molecule has 0 N–H and O–H groups in total. The van der Waals surface area contributed by atoms with Gasteiger partial charge in [-0.3, -0.25) is 4.79 Å². The second kappa shape index (κ2) is 8.68. The van der Waals surface area contributed by atoms with Crippen molar-refractivity contribution in [2.45, 2.75) is 12.5 Å². The van der Waals surface area contributed by atoms with Crippen molar-refractivity contribution in [3.8, 4) is 5.75 Å². The van der Waals surface area contributed by atoms with E-state index in [0.29, 0.717) is 32.6 Å². The van der Waals surface area contributed by atoms with Gasteiger partial charge in [0.25, 0.3) is 5.91 Å². The molecule has 4 nitrogen and oxygen atoms in total. The fraction of sp³-hybridized carbons (Fsp3) is 0.130. The zero-order chi connectivity index (χ0) is 21.3. The average molecular weight is 460 g/mol. The van der Waals surface area contributed by atoms with Gasteiger partial charge in [0.05, 0.1) is 18.9 Å². The van der Waals surface area contributed by atoms with Crippen LogP contribution in [-0.4, -0.2) is 23.7 Å². The molecule has 1 atom stereocenters. The first-order valence-corrected chi connectivity index (χ1v) is 10.4. The molecule has 1 aliphatic rings. The molecule has 152 valence electrons. The number of carbonyl (C=O) groups is 1. The summed E-state index contributed by atoms with van der Waals surface area (Å²) in [6, 6.07) is 19.1. The normalized spacial score (nSPS) is 15.8. The highest BCUT2D eigenvalue weighted by Gasteiger charge is 2.36. The lowest BCUT2D eigenvalue weighted by Crippen LogP contribution is -2.27. The smallest absolute Gasteiger partial charge is 0.274 e. The zero-order valence-electron chi connectivity index (χ0n) is 16.0. The second-order valence-corrected chi connectivity index (χ2v) is 8.04. The number of ether oxygens (including phenoxy) is 1. The minimum atomic E-state index is -0.425. The Kier molecular flexibility index (Phi) is 6.00. The van der Waals surface area contributed by atoms with Crippen LogP contribution in [0.4, 0.5) is 0 Å². The predicted molar refractivity (Wildman–Crippen MR) is 121 cm³/mol. The van der Waals surface area contributed by atoms with Crippen LogP contribution in [-0.2, 0) is 0 Å². The van der Waals surface area contributed by atoms with Crippen LogP contribution in [0.5, 0.6) is 5.75 Å². The van der Waals surface area contributed by atoms with Gasteiger partial charge < -0.3 is 4.74 Å². The van der Waals surface area contributed by atoms with Crippen LogP contribution >= 0.6 is 34.8 Å². The first-order chi connectivity index (χ1) is 14.5. The summed E-state index contributed by atoms with van der Waals surface area (Å²) in [5.74, 6) is 0.494. The molecule has 0 fully saturated rings. The molecule has 0 bridgehead atoms. The van der Waals surface area contributed by atoms with Crippen LogP contribution in [0, 0.1) is 0 Å². The predicted octanol–water partition coefficient (Wildman–Crippen LogP) is 6.65. The molecule has 1 unspecified atom stereocenters. The fourth-order valence-electron chi connectivity index (χ4n) is 3.43. The maximum Gasteiger partial charge on any atom is 0.274 e. The number of hydrogen-bond acceptors (Lipinski definition) is 3. The van der Waals surface area contributed by atoms with E-state index in [-0.39, 0.29) is 5.91 Å². The minimum absolute atomic E-state index is 0.254. The van der Waals surface area contributed by atoms with Gasteiger partial charge in [0, 0.05) is 32.6 Å². The number of hydrogen-bond donors (Lipinski definition) is 0. The SMILES string of the molecule is COc1ccc(C2=NN(C(=O)c3ccc(Cl)cc3)C(c3c(Cl)cccc3Cl)C2)cc1. The van der Waals surface area contributed by atoms with Gasteiger partial charge in [0.15, 0.2) is 0 Å². The average Bonchev–Trinajstić information content (AvgIpc) is 3.18. The van der Waals surface area contributed by atoms with Crippen LogP contribution in [0.25, 0.3) is 0 Å². The maximum atomic E-state index is 13.3. The van der Waals surface area contributed by atoms with Crippen molar-refractivity contribution < 1.29 is 9.53 Å². The molecule has 3 aromatic carbocycles. The third kappa shape index (κ3) is 4.04. The fourth-order valence-corrected chi connectivity index (χ4v) is 4.21. The summed E-state index contributed by atoms with van der Waals surface area (Å²) < 4.78 is 5.23. The van der Waals surface area contributed by atoms with Crippen molar-refractivity contribution in [3.63, 3.8) is 0 Å². The van der Waals surface area contributed by atoms with E-state index >= 15 is 0 Å². The van der Waals surface area contributed by atoms with E-state index < -0.39 is 6.04 Å². The van der Waals surface area contributed by atoms with Crippen molar-refractivity contribution in [2.75, 3.05) is 7.11 Å². The Bertz CT molecular complexity index is 1090. The molecule has 1 heterocycles. The summed E-state index contributed by atoms with van der Waals surface area (Å²) in [5.41, 5.74) is 2.82. The number of nitrogens with zero attached hydrogens (tertiary/aromatic N) is 2. The summed E-state index contributed by atoms with van der Waals surface area (Å²) in [7, 11) is 1.62. The van der Waals surface area contributed by atoms with Crippen molar-refractivity contribution >= 4 is 46.4 Å². The van der Waals surface area contributed by atoms with Crippen molar-refractivity contribution in [2.24, 2.45) is 5.10 Å². The van der Waals surface area contributed by atoms with Crippen LogP contribution < -0.4 is 4.74 Å². The van der Waals surface area contributed by atoms with Crippen molar-refractivity contribution in [1.82, 2.24) is 5.01 Å². The molecule has 0 aromatic heterocycles. The highest BCUT2D eigenvalue weighted by Crippen LogP contribution is 2.40. The van der Waals surface area contributed by atoms with E-state index in [0.717, 1.165) is 17.0 Å². The Labute approximate surface area is 189 Å². The molecule has 3 aromatic rings. The van der Waals surface area contributed by atoms with Crippen LogP contribution in [0.2, 0.25) is 15.1 Å². The molecule has 1 amide bonds. The van der Waals surface area contributed by atoms with Gasteiger partial charge in [-0.25, -0.2) is 5.01 Å². The zero-order valence-corrected chi connectivity index (χ0v) is 18.2. The highest BCUT2D eigenvalue weighted by atomic mass is 35.5. The van der Waals surface area contributed by atoms with Crippen molar-refractivity contribution in [3.05, 3.63) is 98.5 Å². The second-order valence-electron chi connectivity index (χ2n) is 6.79. The van der Waals surface area contributed by atoms with E-state index in [1.807, 2.05) is 24.3 Å². The molecule has 0 radical (unpaired) electrons. The Hall–Kier alpha value is -2.53. The lowest BCUT2D eigenvalue weighted by Gasteiger charge is -2.24. The molecular weight excluding hydrogens is 443 g/mol. The summed E-state index contributed by atoms with van der Waals surface area (Å²) in [6.07, 6.45) is 0.481. The van der Waals surface area contributed by atoms with Gasteiger partial charge in [-0.2, -0.15) is 5.10 Å². The van der Waals surface area contributed by atoms with Crippen LogP contribution in [0.1, 0.15) is 33.9 Å². The van der Waals surface area contributed by atoms with Crippen LogP contribution in [0.3, 0.4) is 0 Å². The highest BCUT2D eigenvalue weighted by molar-refractivity contribution is 6.36. The Morgan fingerprint density at radius 3 is 2.20 bits per heavy atom. The first-order valence-electron chi connectivity index (χ1n) is 9.23. The lowest BCUT2D eigenvalue weighted by atomic mass is 9.98. The Balaban J connectivity index is 1.76. The number of methoxy groups -OCH3 is 1. The summed E-state index contributed by atoms with van der Waals surface area (Å²) in [5, 5.41) is 7.66. The summed E-state index contributed by atoms with van der Waals surface area (Å²) in [4.78, 5) is 13.3. The number of rotatable bonds is 4. The molecule has 4 rings (SSSR count). The standard InChI is InChI=1S/C23H17Cl3N2O2/c1-30-17-11-7-14(8-12-17)20-13-21(22-18(25)3-2-4-19(22)26)28(27-20)23(29)15-5-9-16(24)10-6-15/h2-12,21H,13H2,1H3. The number of hydrazone groups is 1. The van der Waals surface area contributed by atoms with E-state index in [1.54, 1.807) is 49.6 Å². The van der Waals surface area contributed by atoms with Gasteiger partial charge in [-0.15, -0.1) is 0 Å². The van der Waals surface area contributed by atoms with E-state index in [4.69, 9.17) is 39.5 Å². The lowest BCUT2D eigenvalue weighted by molar-refractivity contribution is 0.0711. The molecule has 30 heavy (non-hydrogen) atoms. The third-order valence-corrected chi connectivity index (χ3v) is 5.88. The molecule has 1 aliphatic heterocycles. The topological polar surface area (TPSA) is 41.9 Å². The van der Waals surface area contributed by atoms with E-state index in [9.17, 15) is 4.79 Å². The van der Waals surface area contributed by atoms with Crippen molar-refractivity contribution in [1.29, 1.82) is 0 Å². The summed E-state index contributed by atoms with van der Waals surface area (Å²) in [6.45, 7) is 0. The molecule has 0 saturated heterocycles. The van der Waals surface area contributed by atoms with E-state index in [2.05, 4.69) is 5.10 Å². The van der Waals surface area contributed by atoms with Gasteiger partial charge in [0.2, 0.25) is 0 Å². The Morgan fingerprint density at radius 2 is 1.60 bits per heavy atom. The largest absolute Gasteiger partial charge is 0.497 e. The Morgan fingerprint density at radius 1 is 0.967 bits per heavy atom. The molecular formula is C23H17Cl3N2O2. The van der Waals surface area contributed by atoms with Gasteiger partial charge in [-0.05, 0) is 66.2 Å². The molecule has 0 spiro atoms. The maximum absolute atomic E-state index is 13.3. The molecule has 0 aliphatic carbocycles. The minimum Gasteiger partial charge on any atom is -0.497 e. The third-order valence-electron chi connectivity index (χ3n) is 4.97. The molecule has 7 heteroatoms. The number of benzene rings is 3. The molecule has 0 saturated carbocycles. The monoisotopic (exact) mass is 458 g/mol. The first kappa shape index (κ1) is 20.7. The van der Waals surface area contributed by atoms with Gasteiger partial charge >= 0.3 is 0 Å². The number of halogens is 3. The van der Waals surface area contributed by atoms with Gasteiger partial charge in [-0.1, -0.05) is 40.9 Å². The van der Waals surface area contributed by atoms with E-state index in [1.165, 1.54) is 5.01 Å². The summed E-state index contributed by atoms with van der Waals surface area (Å²) >= 11 is 18.9. The number of carbonyl (C=O) groups excluding carboxylic acids is 1. The number of amides is 1. The van der Waals surface area contributed by atoms with Gasteiger partial charge in [0.1, 0.15) is 5.75 Å².